The number of thiazole rings is 1. The summed E-state index contributed by atoms with van der Waals surface area (Å²) in [5.74, 6) is -0.826. The van der Waals surface area contributed by atoms with E-state index in [0.717, 1.165) is 4.88 Å². The Hall–Kier alpha value is -1.20. The van der Waals surface area contributed by atoms with Crippen LogP contribution in [0.2, 0.25) is 0 Å². The molecular weight excluding hydrogens is 212 g/mol. The van der Waals surface area contributed by atoms with Crippen molar-refractivity contribution in [1.29, 1.82) is 0 Å². The molecule has 0 saturated heterocycles. The van der Waals surface area contributed by atoms with Gasteiger partial charge in [-0.15, -0.1) is 17.9 Å². The van der Waals surface area contributed by atoms with Crippen molar-refractivity contribution >= 4 is 17.3 Å². The van der Waals surface area contributed by atoms with E-state index >= 15 is 0 Å². The number of carboxylic acids is 1. The Morgan fingerprint density at radius 3 is 3.07 bits per heavy atom. The fourth-order valence-corrected chi connectivity index (χ4v) is 2.02. The molecule has 82 valence electrons. The highest BCUT2D eigenvalue weighted by molar-refractivity contribution is 7.09. The molecule has 4 nitrogen and oxygen atoms in total. The van der Waals surface area contributed by atoms with Gasteiger partial charge in [-0.2, -0.15) is 0 Å². The predicted octanol–water partition coefficient (Wildman–Crippen LogP) is 1.78. The quantitative estimate of drug-likeness (QED) is 0.751. The van der Waals surface area contributed by atoms with Gasteiger partial charge >= 0.3 is 5.97 Å². The number of hydrogen-bond donors (Lipinski definition) is 1. The Labute approximate surface area is 92.9 Å². The highest BCUT2D eigenvalue weighted by Crippen LogP contribution is 2.22. The average Bonchev–Trinajstić information content (AvgIpc) is 2.68. The van der Waals surface area contributed by atoms with E-state index in [-0.39, 0.29) is 12.6 Å². The number of carboxylic acid groups (broad SMARTS) is 1. The summed E-state index contributed by atoms with van der Waals surface area (Å²) in [6.45, 7) is 6.18. The molecule has 0 spiro atoms. The van der Waals surface area contributed by atoms with Crippen molar-refractivity contribution in [2.24, 2.45) is 0 Å². The number of carbonyl (C=O) groups is 1. The summed E-state index contributed by atoms with van der Waals surface area (Å²) >= 11 is 1.53. The summed E-state index contributed by atoms with van der Waals surface area (Å²) in [5.41, 5.74) is 1.75. The van der Waals surface area contributed by atoms with Crippen molar-refractivity contribution in [3.8, 4) is 0 Å². The summed E-state index contributed by atoms with van der Waals surface area (Å²) in [6.07, 6.45) is 3.48. The second kappa shape index (κ2) is 5.63. The van der Waals surface area contributed by atoms with Crippen molar-refractivity contribution in [3.63, 3.8) is 0 Å². The number of hydrogen-bond acceptors (Lipinski definition) is 4. The maximum absolute atomic E-state index is 10.7. The van der Waals surface area contributed by atoms with Crippen LogP contribution in [0.15, 0.2) is 24.4 Å². The molecule has 1 N–H and O–H groups in total. The van der Waals surface area contributed by atoms with Gasteiger partial charge in [-0.3, -0.25) is 14.7 Å². The Morgan fingerprint density at radius 2 is 2.60 bits per heavy atom. The van der Waals surface area contributed by atoms with Gasteiger partial charge in [0.2, 0.25) is 0 Å². The molecule has 0 amide bonds. The van der Waals surface area contributed by atoms with Gasteiger partial charge < -0.3 is 5.11 Å². The van der Waals surface area contributed by atoms with Gasteiger partial charge in [0.05, 0.1) is 12.1 Å². The highest BCUT2D eigenvalue weighted by atomic mass is 32.1. The van der Waals surface area contributed by atoms with E-state index in [1.54, 1.807) is 17.8 Å². The standard InChI is InChI=1S/C10H14N2O2S/c1-3-4-12(6-10(13)14)8(2)9-5-11-7-15-9/h3,5,7-8H,1,4,6H2,2H3,(H,13,14). The summed E-state index contributed by atoms with van der Waals surface area (Å²) in [5, 5.41) is 8.77. The molecule has 15 heavy (non-hydrogen) atoms. The zero-order chi connectivity index (χ0) is 11.3. The Balaban J connectivity index is 2.70. The number of rotatable bonds is 6. The molecule has 0 aliphatic heterocycles. The second-order valence-electron chi connectivity index (χ2n) is 3.19. The normalized spacial score (nSPS) is 12.7. The van der Waals surface area contributed by atoms with Crippen molar-refractivity contribution < 1.29 is 9.90 Å². The summed E-state index contributed by atoms with van der Waals surface area (Å²) < 4.78 is 0. The van der Waals surface area contributed by atoms with E-state index < -0.39 is 5.97 Å². The maximum Gasteiger partial charge on any atom is 0.317 e. The molecule has 0 fully saturated rings. The lowest BCUT2D eigenvalue weighted by Gasteiger charge is -2.24. The first kappa shape index (κ1) is 11.9. The Kier molecular flexibility index (Phi) is 4.45. The number of aromatic nitrogens is 1. The molecule has 1 atom stereocenters. The van der Waals surface area contributed by atoms with Gasteiger partial charge in [0, 0.05) is 23.7 Å². The fraction of sp³-hybridized carbons (Fsp3) is 0.400. The molecule has 0 radical (unpaired) electrons. The Morgan fingerprint density at radius 1 is 1.87 bits per heavy atom. The van der Waals surface area contributed by atoms with Crippen LogP contribution in [-0.4, -0.2) is 34.0 Å². The fourth-order valence-electron chi connectivity index (χ4n) is 1.31. The van der Waals surface area contributed by atoms with Gasteiger partial charge in [0.1, 0.15) is 0 Å². The number of aliphatic carboxylic acids is 1. The van der Waals surface area contributed by atoms with Gasteiger partial charge in [-0.25, -0.2) is 0 Å². The molecule has 1 aromatic rings. The molecule has 0 aliphatic carbocycles. The van der Waals surface area contributed by atoms with Crippen LogP contribution in [0.1, 0.15) is 17.8 Å². The van der Waals surface area contributed by atoms with Crippen molar-refractivity contribution in [2.45, 2.75) is 13.0 Å². The van der Waals surface area contributed by atoms with Crippen LogP contribution in [0.25, 0.3) is 0 Å². The zero-order valence-electron chi connectivity index (χ0n) is 8.59. The monoisotopic (exact) mass is 226 g/mol. The molecule has 1 unspecified atom stereocenters. The third kappa shape index (κ3) is 3.45. The van der Waals surface area contributed by atoms with Crippen LogP contribution in [0.5, 0.6) is 0 Å². The summed E-state index contributed by atoms with van der Waals surface area (Å²) in [4.78, 5) is 17.6. The first-order valence-corrected chi connectivity index (χ1v) is 5.48. The minimum Gasteiger partial charge on any atom is -0.480 e. The molecule has 1 heterocycles. The van der Waals surface area contributed by atoms with Gasteiger partial charge in [0.25, 0.3) is 0 Å². The minimum absolute atomic E-state index is 0.0189. The lowest BCUT2D eigenvalue weighted by Crippen LogP contribution is -2.32. The molecule has 1 aromatic heterocycles. The minimum atomic E-state index is -0.826. The van der Waals surface area contributed by atoms with Gasteiger partial charge in [-0.1, -0.05) is 6.08 Å². The molecule has 0 aliphatic rings. The molecular formula is C10H14N2O2S. The predicted molar refractivity (Wildman–Crippen MR) is 59.9 cm³/mol. The van der Waals surface area contributed by atoms with Crippen molar-refractivity contribution in [2.75, 3.05) is 13.1 Å². The van der Waals surface area contributed by atoms with E-state index in [1.165, 1.54) is 11.3 Å². The van der Waals surface area contributed by atoms with Gasteiger partial charge in [-0.05, 0) is 6.92 Å². The van der Waals surface area contributed by atoms with E-state index in [1.807, 2.05) is 11.8 Å². The smallest absolute Gasteiger partial charge is 0.317 e. The average molecular weight is 226 g/mol. The van der Waals surface area contributed by atoms with Crippen LogP contribution in [0.3, 0.4) is 0 Å². The largest absolute Gasteiger partial charge is 0.480 e. The summed E-state index contributed by atoms with van der Waals surface area (Å²) in [6, 6.07) is 0.0617. The Bertz CT molecular complexity index is 324. The molecule has 0 bridgehead atoms. The third-order valence-electron chi connectivity index (χ3n) is 2.11. The van der Waals surface area contributed by atoms with Crippen LogP contribution in [-0.2, 0) is 4.79 Å². The van der Waals surface area contributed by atoms with Crippen LogP contribution >= 0.6 is 11.3 Å². The zero-order valence-corrected chi connectivity index (χ0v) is 9.41. The topological polar surface area (TPSA) is 53.4 Å². The lowest BCUT2D eigenvalue weighted by atomic mass is 10.2. The van der Waals surface area contributed by atoms with Crippen LogP contribution in [0, 0.1) is 0 Å². The van der Waals surface area contributed by atoms with E-state index in [2.05, 4.69) is 11.6 Å². The first-order valence-electron chi connectivity index (χ1n) is 4.60. The van der Waals surface area contributed by atoms with Crippen molar-refractivity contribution in [3.05, 3.63) is 29.2 Å². The van der Waals surface area contributed by atoms with Gasteiger partial charge in [0.15, 0.2) is 0 Å². The van der Waals surface area contributed by atoms with E-state index in [9.17, 15) is 4.79 Å². The second-order valence-corrected chi connectivity index (χ2v) is 4.11. The molecule has 1 rings (SSSR count). The SMILES string of the molecule is C=CCN(CC(=O)O)C(C)c1cncs1. The number of nitrogens with zero attached hydrogens (tertiary/aromatic N) is 2. The van der Waals surface area contributed by atoms with E-state index in [4.69, 9.17) is 5.11 Å². The van der Waals surface area contributed by atoms with E-state index in [0.29, 0.717) is 6.54 Å². The lowest BCUT2D eigenvalue weighted by molar-refractivity contribution is -0.138. The molecule has 0 saturated carbocycles. The highest BCUT2D eigenvalue weighted by Gasteiger charge is 2.18. The van der Waals surface area contributed by atoms with Crippen LogP contribution in [0.4, 0.5) is 0 Å². The van der Waals surface area contributed by atoms with Crippen molar-refractivity contribution in [1.82, 2.24) is 9.88 Å². The maximum atomic E-state index is 10.7. The molecule has 0 aromatic carbocycles. The molecule has 5 heteroatoms. The van der Waals surface area contributed by atoms with Crippen LogP contribution < -0.4 is 0 Å². The first-order chi connectivity index (χ1) is 7.15. The summed E-state index contributed by atoms with van der Waals surface area (Å²) in [7, 11) is 0. The third-order valence-corrected chi connectivity index (χ3v) is 3.06.